The number of aromatic nitrogens is 2. The van der Waals surface area contributed by atoms with Gasteiger partial charge in [-0.1, -0.05) is 49.1 Å². The molecular formula is C21H32N4O5S2. The van der Waals surface area contributed by atoms with E-state index < -0.39 is 29.0 Å². The predicted octanol–water partition coefficient (Wildman–Crippen LogP) is 2.38. The summed E-state index contributed by atoms with van der Waals surface area (Å²) in [5.41, 5.74) is 1.95. The third-order valence-electron chi connectivity index (χ3n) is 4.64. The highest BCUT2D eigenvalue weighted by Gasteiger charge is 2.33. The molecule has 32 heavy (non-hydrogen) atoms. The van der Waals surface area contributed by atoms with Gasteiger partial charge in [0, 0.05) is 24.9 Å². The lowest BCUT2D eigenvalue weighted by molar-refractivity contribution is 0.00599. The number of hydrogen-bond donors (Lipinski definition) is 3. The number of hydrogen-bond acceptors (Lipinski definition) is 8. The van der Waals surface area contributed by atoms with Crippen molar-refractivity contribution in [2.75, 3.05) is 30.2 Å². The maximum Gasteiger partial charge on any atom is 0.302 e. The maximum absolute atomic E-state index is 12.6. The first-order chi connectivity index (χ1) is 15.0. The molecule has 0 spiro atoms. The Labute approximate surface area is 194 Å². The number of anilines is 1. The fourth-order valence-corrected chi connectivity index (χ4v) is 4.93. The molecule has 1 aromatic rings. The van der Waals surface area contributed by atoms with E-state index in [9.17, 15) is 13.5 Å². The summed E-state index contributed by atoms with van der Waals surface area (Å²) in [6, 6.07) is 1.36. The number of aliphatic hydroxyl groups is 2. The number of aliphatic hydroxyl groups excluding tert-OH is 2. The number of rotatable bonds is 12. The van der Waals surface area contributed by atoms with Gasteiger partial charge in [0.05, 0.1) is 6.61 Å². The van der Waals surface area contributed by atoms with Gasteiger partial charge in [0.15, 0.2) is 5.16 Å². The van der Waals surface area contributed by atoms with Crippen molar-refractivity contribution in [3.8, 4) is 5.88 Å². The molecule has 2 atom stereocenters. The first-order valence-electron chi connectivity index (χ1n) is 10.3. The minimum Gasteiger partial charge on any atom is -0.472 e. The normalized spacial score (nSPS) is 17.8. The van der Waals surface area contributed by atoms with Crippen LogP contribution in [0.25, 0.3) is 0 Å². The Morgan fingerprint density at radius 2 is 2.12 bits per heavy atom. The number of ether oxygens (including phenoxy) is 1. The summed E-state index contributed by atoms with van der Waals surface area (Å²) in [5.74, 6) is 1.03. The Hall–Kier alpha value is -1.92. The lowest BCUT2D eigenvalue weighted by Crippen LogP contribution is -2.50. The van der Waals surface area contributed by atoms with E-state index in [1.807, 2.05) is 39.0 Å². The molecule has 0 aromatic carbocycles. The van der Waals surface area contributed by atoms with Crippen LogP contribution in [-0.2, 0) is 10.2 Å². The molecule has 9 nitrogen and oxygen atoms in total. The van der Waals surface area contributed by atoms with Crippen LogP contribution in [0.2, 0.25) is 0 Å². The summed E-state index contributed by atoms with van der Waals surface area (Å²) < 4.78 is 34.6. The topological polar surface area (TPSA) is 125 Å². The zero-order valence-corrected chi connectivity index (χ0v) is 20.5. The lowest BCUT2D eigenvalue weighted by Gasteiger charge is -2.35. The van der Waals surface area contributed by atoms with Crippen LogP contribution in [0.4, 0.5) is 5.82 Å². The Morgan fingerprint density at radius 3 is 2.69 bits per heavy atom. The van der Waals surface area contributed by atoms with Gasteiger partial charge in [0.2, 0.25) is 5.88 Å². The zero-order valence-electron chi connectivity index (χ0n) is 18.9. The summed E-state index contributed by atoms with van der Waals surface area (Å²) >= 11 is 1.32. The highest BCUT2D eigenvalue weighted by Crippen LogP contribution is 2.26. The van der Waals surface area contributed by atoms with E-state index in [2.05, 4.69) is 21.3 Å². The lowest BCUT2D eigenvalue weighted by atomic mass is 10.1. The van der Waals surface area contributed by atoms with Crippen molar-refractivity contribution in [1.29, 1.82) is 0 Å². The summed E-state index contributed by atoms with van der Waals surface area (Å²) in [4.78, 5) is 8.66. The van der Waals surface area contributed by atoms with E-state index >= 15 is 0 Å². The van der Waals surface area contributed by atoms with Crippen molar-refractivity contribution in [2.24, 2.45) is 5.92 Å². The minimum atomic E-state index is -3.74. The van der Waals surface area contributed by atoms with Crippen molar-refractivity contribution < 1.29 is 23.4 Å². The average molecular weight is 485 g/mol. The van der Waals surface area contributed by atoms with Crippen LogP contribution in [-0.4, -0.2) is 70.6 Å². The van der Waals surface area contributed by atoms with E-state index in [1.54, 1.807) is 6.92 Å². The second-order valence-electron chi connectivity index (χ2n) is 7.81. The summed E-state index contributed by atoms with van der Waals surface area (Å²) in [6.07, 6.45) is 3.95. The van der Waals surface area contributed by atoms with Gasteiger partial charge in [0.1, 0.15) is 18.0 Å². The molecule has 0 saturated carbocycles. The molecule has 2 rings (SSSR count). The molecule has 2 heterocycles. The highest BCUT2D eigenvalue weighted by atomic mass is 32.2. The smallest absolute Gasteiger partial charge is 0.302 e. The minimum absolute atomic E-state index is 0.0715. The third-order valence-corrected chi connectivity index (χ3v) is 7.01. The highest BCUT2D eigenvalue weighted by molar-refractivity contribution is 7.99. The zero-order chi connectivity index (χ0) is 23.9. The Morgan fingerprint density at radius 1 is 1.44 bits per heavy atom. The molecule has 178 valence electrons. The molecule has 1 unspecified atom stereocenters. The first kappa shape index (κ1) is 26.3. The van der Waals surface area contributed by atoms with Crippen LogP contribution in [0.5, 0.6) is 5.88 Å². The van der Waals surface area contributed by atoms with Gasteiger partial charge in [-0.25, -0.2) is 4.98 Å². The molecule has 3 N–H and O–H groups in total. The van der Waals surface area contributed by atoms with Gasteiger partial charge in [-0.15, -0.1) is 0 Å². The Kier molecular flexibility index (Phi) is 9.71. The fourth-order valence-electron chi connectivity index (χ4n) is 2.66. The van der Waals surface area contributed by atoms with Gasteiger partial charge in [0.25, 0.3) is 0 Å². The molecule has 0 aliphatic carbocycles. The number of nitrogens with one attached hydrogen (secondary N) is 1. The Bertz CT molecular complexity index is 959. The summed E-state index contributed by atoms with van der Waals surface area (Å²) in [7, 11) is -3.74. The molecule has 0 bridgehead atoms. The van der Waals surface area contributed by atoms with E-state index in [-0.39, 0.29) is 11.7 Å². The van der Waals surface area contributed by atoms with Gasteiger partial charge in [-0.05, 0) is 32.3 Å². The second-order valence-corrected chi connectivity index (χ2v) is 10.4. The van der Waals surface area contributed by atoms with Crippen molar-refractivity contribution in [3.05, 3.63) is 42.0 Å². The van der Waals surface area contributed by atoms with E-state index in [1.165, 1.54) is 22.1 Å². The molecule has 1 fully saturated rings. The molecule has 0 amide bonds. The fraction of sp³-hybridized carbons (Fsp3) is 0.524. The summed E-state index contributed by atoms with van der Waals surface area (Å²) in [5, 5.41) is 19.2. The monoisotopic (exact) mass is 484 g/mol. The SMILES string of the molecule is C=C(C)/C=C\C(=C/C)CSc1nc(NS(=O)(=O)N2CC(C)C2)cc(O[C@H](C)C(O)CO)n1. The molecule has 11 heteroatoms. The molecule has 1 aromatic heterocycles. The van der Waals surface area contributed by atoms with Gasteiger partial charge in [-0.2, -0.15) is 17.7 Å². The standard InChI is InChI=1S/C21H32N4O5S2/c1-6-17(8-7-14(2)3)13-31-21-22-19(24-32(28,29)25-10-15(4)11-25)9-20(23-21)30-16(5)18(27)12-26/h6-9,15-16,18,26-27H,2,10-13H2,1,3-5H3,(H,22,23,24)/b8-7-,17-6+/t16-,18?/m1/s1. The quantitative estimate of drug-likeness (QED) is 0.235. The first-order valence-corrected chi connectivity index (χ1v) is 12.7. The number of thioether (sulfide) groups is 1. The van der Waals surface area contributed by atoms with Crippen molar-refractivity contribution in [3.63, 3.8) is 0 Å². The van der Waals surface area contributed by atoms with Crippen LogP contribution < -0.4 is 9.46 Å². The van der Waals surface area contributed by atoms with Crippen LogP contribution in [0.3, 0.4) is 0 Å². The van der Waals surface area contributed by atoms with Crippen LogP contribution >= 0.6 is 11.8 Å². The van der Waals surface area contributed by atoms with Crippen molar-refractivity contribution in [1.82, 2.24) is 14.3 Å². The van der Waals surface area contributed by atoms with E-state index in [0.717, 1.165) is 11.1 Å². The van der Waals surface area contributed by atoms with Gasteiger partial charge >= 0.3 is 10.2 Å². The number of allylic oxidation sites excluding steroid dienone is 4. The molecular weight excluding hydrogens is 452 g/mol. The molecule has 1 aliphatic heterocycles. The second kappa shape index (κ2) is 11.8. The van der Waals surface area contributed by atoms with Gasteiger partial charge < -0.3 is 14.9 Å². The van der Waals surface area contributed by atoms with Crippen molar-refractivity contribution >= 4 is 27.8 Å². The van der Waals surface area contributed by atoms with Crippen LogP contribution in [0.1, 0.15) is 27.7 Å². The largest absolute Gasteiger partial charge is 0.472 e. The van der Waals surface area contributed by atoms with Crippen LogP contribution in [0.15, 0.2) is 47.2 Å². The predicted molar refractivity (Wildman–Crippen MR) is 127 cm³/mol. The molecule has 1 saturated heterocycles. The van der Waals surface area contributed by atoms with Crippen LogP contribution in [0, 0.1) is 5.92 Å². The Balaban J connectivity index is 2.24. The molecule has 0 radical (unpaired) electrons. The third kappa shape index (κ3) is 7.89. The average Bonchev–Trinajstić information content (AvgIpc) is 2.70. The maximum atomic E-state index is 12.6. The van der Waals surface area contributed by atoms with E-state index in [0.29, 0.717) is 29.9 Å². The summed E-state index contributed by atoms with van der Waals surface area (Å²) in [6.45, 7) is 11.7. The van der Waals surface area contributed by atoms with E-state index in [4.69, 9.17) is 9.84 Å². The molecule has 1 aliphatic rings. The van der Waals surface area contributed by atoms with Gasteiger partial charge in [-0.3, -0.25) is 4.72 Å². The number of nitrogens with zero attached hydrogens (tertiary/aromatic N) is 3. The van der Waals surface area contributed by atoms with Crippen molar-refractivity contribution in [2.45, 2.75) is 45.1 Å².